The van der Waals surface area contributed by atoms with Gasteiger partial charge in [0.15, 0.2) is 0 Å². The normalized spacial score (nSPS) is 11.1. The molecule has 0 spiro atoms. The second kappa shape index (κ2) is 5.06. The van der Waals surface area contributed by atoms with Crippen LogP contribution in [0.5, 0.6) is 0 Å². The van der Waals surface area contributed by atoms with E-state index >= 15 is 0 Å². The molecular weight excluding hydrogens is 309 g/mol. The Morgan fingerprint density at radius 2 is 2.00 bits per heavy atom. The molecule has 0 heterocycles. The summed E-state index contributed by atoms with van der Waals surface area (Å²) in [5.41, 5.74) is 0.348. The summed E-state index contributed by atoms with van der Waals surface area (Å²) in [4.78, 5) is 22.5. The first-order valence-electron chi connectivity index (χ1n) is 4.75. The van der Waals surface area contributed by atoms with Gasteiger partial charge in [-0.15, -0.1) is 0 Å². The van der Waals surface area contributed by atoms with Gasteiger partial charge in [-0.1, -0.05) is 27.5 Å². The molecule has 17 heavy (non-hydrogen) atoms. The Morgan fingerprint density at radius 3 is 2.47 bits per heavy atom. The van der Waals surface area contributed by atoms with Gasteiger partial charge in [0, 0.05) is 5.69 Å². The molecule has 0 aromatic heterocycles. The largest absolute Gasteiger partial charge is 0.478 e. The summed E-state index contributed by atoms with van der Waals surface area (Å²) in [5, 5.41) is 11.6. The van der Waals surface area contributed by atoms with Crippen LogP contribution in [0.25, 0.3) is 0 Å². The molecule has 0 aliphatic heterocycles. The number of hydrogen-bond donors (Lipinski definition) is 2. The van der Waals surface area contributed by atoms with Crippen LogP contribution in [0.4, 0.5) is 5.69 Å². The van der Waals surface area contributed by atoms with Gasteiger partial charge in [-0.25, -0.2) is 4.79 Å². The molecular formula is C11H11BrClNO3. The quantitative estimate of drug-likeness (QED) is 0.841. The number of carbonyl (C=O) groups is 2. The summed E-state index contributed by atoms with van der Waals surface area (Å²) in [6, 6.07) is 4.30. The Labute approximate surface area is 112 Å². The molecule has 0 saturated heterocycles. The van der Waals surface area contributed by atoms with Gasteiger partial charge in [-0.2, -0.15) is 0 Å². The molecule has 0 aliphatic carbocycles. The lowest BCUT2D eigenvalue weighted by atomic mass is 10.1. The fraction of sp³-hybridized carbons (Fsp3) is 0.273. The second-order valence-corrected chi connectivity index (χ2v) is 6.32. The zero-order chi connectivity index (χ0) is 13.2. The first-order valence-corrected chi connectivity index (χ1v) is 5.92. The molecule has 4 nitrogen and oxygen atoms in total. The van der Waals surface area contributed by atoms with Crippen molar-refractivity contribution in [1.29, 1.82) is 0 Å². The minimum Gasteiger partial charge on any atom is -0.478 e. The number of amides is 1. The average Bonchev–Trinajstić information content (AvgIpc) is 2.19. The molecule has 2 N–H and O–H groups in total. The van der Waals surface area contributed by atoms with Crippen LogP contribution in [0, 0.1) is 0 Å². The highest BCUT2D eigenvalue weighted by Gasteiger charge is 2.23. The van der Waals surface area contributed by atoms with Gasteiger partial charge in [0.1, 0.15) is 0 Å². The van der Waals surface area contributed by atoms with E-state index in [9.17, 15) is 9.59 Å². The third-order valence-corrected chi connectivity index (χ3v) is 2.68. The summed E-state index contributed by atoms with van der Waals surface area (Å²) in [6.07, 6.45) is 0. The third-order valence-electron chi connectivity index (χ3n) is 1.99. The SMILES string of the molecule is CC(C)(Br)C(=O)Nc1ccc(Cl)c(C(=O)O)c1. The van der Waals surface area contributed by atoms with E-state index in [1.807, 2.05) is 0 Å². The molecule has 0 saturated carbocycles. The second-order valence-electron chi connectivity index (χ2n) is 3.93. The van der Waals surface area contributed by atoms with Crippen molar-refractivity contribution >= 4 is 45.1 Å². The van der Waals surface area contributed by atoms with Gasteiger partial charge < -0.3 is 10.4 Å². The molecule has 6 heteroatoms. The predicted molar refractivity (Wildman–Crippen MR) is 70.0 cm³/mol. The van der Waals surface area contributed by atoms with Crippen molar-refractivity contribution < 1.29 is 14.7 Å². The lowest BCUT2D eigenvalue weighted by molar-refractivity contribution is -0.117. The van der Waals surface area contributed by atoms with Crippen LogP contribution in [0.3, 0.4) is 0 Å². The number of rotatable bonds is 3. The Bertz CT molecular complexity index is 468. The fourth-order valence-corrected chi connectivity index (χ4v) is 1.34. The molecule has 1 aromatic carbocycles. The van der Waals surface area contributed by atoms with Crippen LogP contribution in [0.1, 0.15) is 24.2 Å². The molecule has 1 rings (SSSR count). The first-order chi connectivity index (χ1) is 7.71. The molecule has 0 aliphatic rings. The topological polar surface area (TPSA) is 66.4 Å². The number of carbonyl (C=O) groups excluding carboxylic acids is 1. The van der Waals surface area contributed by atoms with Gasteiger partial charge in [-0.05, 0) is 32.0 Å². The molecule has 1 aromatic rings. The summed E-state index contributed by atoms with van der Waals surface area (Å²) in [7, 11) is 0. The molecule has 0 radical (unpaired) electrons. The van der Waals surface area contributed by atoms with Crippen molar-refractivity contribution in [3.8, 4) is 0 Å². The Kier molecular flexibility index (Phi) is 4.16. The minimum absolute atomic E-state index is 0.0446. The van der Waals surface area contributed by atoms with Crippen molar-refractivity contribution in [1.82, 2.24) is 0 Å². The Morgan fingerprint density at radius 1 is 1.41 bits per heavy atom. The number of benzene rings is 1. The number of alkyl halides is 1. The van der Waals surface area contributed by atoms with Gasteiger partial charge in [-0.3, -0.25) is 4.79 Å². The standard InChI is InChI=1S/C11H11BrClNO3/c1-11(2,12)10(17)14-6-3-4-8(13)7(5-6)9(15)16/h3-5H,1-2H3,(H,14,17)(H,15,16). The fourth-order valence-electron chi connectivity index (χ4n) is 1.05. The zero-order valence-electron chi connectivity index (χ0n) is 9.25. The number of halogens is 2. The van der Waals surface area contributed by atoms with Crippen LogP contribution >= 0.6 is 27.5 Å². The van der Waals surface area contributed by atoms with Crippen LogP contribution in [-0.4, -0.2) is 21.3 Å². The van der Waals surface area contributed by atoms with E-state index in [-0.39, 0.29) is 16.5 Å². The van der Waals surface area contributed by atoms with E-state index in [2.05, 4.69) is 21.2 Å². The van der Waals surface area contributed by atoms with Gasteiger partial charge >= 0.3 is 5.97 Å². The number of carboxylic acid groups (broad SMARTS) is 1. The molecule has 1 amide bonds. The summed E-state index contributed by atoms with van der Waals surface area (Å²) in [5.74, 6) is -1.40. The Hall–Kier alpha value is -1.07. The highest BCUT2D eigenvalue weighted by Crippen LogP contribution is 2.23. The number of carboxylic acids is 1. The number of nitrogens with one attached hydrogen (secondary N) is 1. The van der Waals surface area contributed by atoms with E-state index in [1.165, 1.54) is 12.1 Å². The van der Waals surface area contributed by atoms with E-state index < -0.39 is 10.3 Å². The lowest BCUT2D eigenvalue weighted by Gasteiger charge is -2.16. The maximum Gasteiger partial charge on any atom is 0.337 e. The molecule has 0 unspecified atom stereocenters. The molecule has 92 valence electrons. The van der Waals surface area contributed by atoms with Gasteiger partial charge in [0.05, 0.1) is 14.9 Å². The summed E-state index contributed by atoms with van der Waals surface area (Å²) >= 11 is 8.92. The monoisotopic (exact) mass is 319 g/mol. The number of hydrogen-bond acceptors (Lipinski definition) is 2. The van der Waals surface area contributed by atoms with Crippen molar-refractivity contribution in [3.05, 3.63) is 28.8 Å². The van der Waals surface area contributed by atoms with Crippen molar-refractivity contribution in [2.45, 2.75) is 18.2 Å². The lowest BCUT2D eigenvalue weighted by Crippen LogP contribution is -2.31. The smallest absolute Gasteiger partial charge is 0.337 e. The third kappa shape index (κ3) is 3.71. The van der Waals surface area contributed by atoms with Crippen LogP contribution in [0.15, 0.2) is 18.2 Å². The van der Waals surface area contributed by atoms with Crippen LogP contribution < -0.4 is 5.32 Å². The maximum absolute atomic E-state index is 11.7. The number of aromatic carboxylic acids is 1. The van der Waals surface area contributed by atoms with Crippen LogP contribution in [0.2, 0.25) is 5.02 Å². The average molecular weight is 321 g/mol. The minimum atomic E-state index is -1.13. The van der Waals surface area contributed by atoms with Gasteiger partial charge in [0.2, 0.25) is 5.91 Å². The maximum atomic E-state index is 11.7. The molecule has 0 atom stereocenters. The molecule has 0 fully saturated rings. The van der Waals surface area contributed by atoms with Crippen molar-refractivity contribution in [3.63, 3.8) is 0 Å². The van der Waals surface area contributed by atoms with E-state index in [0.717, 1.165) is 0 Å². The number of anilines is 1. The van der Waals surface area contributed by atoms with E-state index in [4.69, 9.17) is 16.7 Å². The van der Waals surface area contributed by atoms with Gasteiger partial charge in [0.25, 0.3) is 0 Å². The highest BCUT2D eigenvalue weighted by atomic mass is 79.9. The Balaban J connectivity index is 2.98. The summed E-state index contributed by atoms with van der Waals surface area (Å²) in [6.45, 7) is 3.38. The van der Waals surface area contributed by atoms with E-state index in [0.29, 0.717) is 5.69 Å². The van der Waals surface area contributed by atoms with Crippen LogP contribution in [-0.2, 0) is 4.79 Å². The molecule has 0 bridgehead atoms. The van der Waals surface area contributed by atoms with Crippen molar-refractivity contribution in [2.75, 3.05) is 5.32 Å². The summed E-state index contributed by atoms with van der Waals surface area (Å²) < 4.78 is -0.726. The first kappa shape index (κ1) is 14.0. The predicted octanol–water partition coefficient (Wildman–Crippen LogP) is 3.15. The highest BCUT2D eigenvalue weighted by molar-refractivity contribution is 9.10. The van der Waals surface area contributed by atoms with E-state index in [1.54, 1.807) is 19.9 Å². The zero-order valence-corrected chi connectivity index (χ0v) is 11.6. The van der Waals surface area contributed by atoms with Crippen molar-refractivity contribution in [2.24, 2.45) is 0 Å².